The number of pyridine rings is 1. The van der Waals surface area contributed by atoms with Crippen LogP contribution in [0.2, 0.25) is 0 Å². The fourth-order valence-electron chi connectivity index (χ4n) is 2.64. The lowest BCUT2D eigenvalue weighted by atomic mass is 10.2. The quantitative estimate of drug-likeness (QED) is 0.678. The van der Waals surface area contributed by atoms with E-state index in [4.69, 9.17) is 9.47 Å². The minimum atomic E-state index is -0.756. The predicted octanol–water partition coefficient (Wildman–Crippen LogP) is 2.51. The zero-order chi connectivity index (χ0) is 19.2. The molecule has 0 spiro atoms. The zero-order valence-electron chi connectivity index (χ0n) is 15.0. The Morgan fingerprint density at radius 3 is 2.52 bits per heavy atom. The minimum Gasteiger partial charge on any atom is -0.493 e. The second-order valence-electron chi connectivity index (χ2n) is 5.71. The summed E-state index contributed by atoms with van der Waals surface area (Å²) in [5.41, 5.74) is 1.89. The third-order valence-corrected chi connectivity index (χ3v) is 3.99. The van der Waals surface area contributed by atoms with Crippen molar-refractivity contribution in [3.05, 3.63) is 60.3 Å². The second kappa shape index (κ2) is 8.18. The summed E-state index contributed by atoms with van der Waals surface area (Å²) >= 11 is 0. The van der Waals surface area contributed by atoms with Crippen LogP contribution in [0, 0.1) is 0 Å². The van der Waals surface area contributed by atoms with Gasteiger partial charge in [-0.2, -0.15) is 0 Å². The Bertz CT molecular complexity index is 983. The van der Waals surface area contributed by atoms with Gasteiger partial charge in [0.15, 0.2) is 11.5 Å². The standard InChI is InChI=1S/C20H19N3O4/c1-26-16-9-8-13(11-17(16)27-2)12-22-19(24)20(25)23-15-7-3-5-14-6-4-10-21-18(14)15/h3-11H,12H2,1-2H3,(H,22,24)(H,23,25). The van der Waals surface area contributed by atoms with E-state index in [0.29, 0.717) is 22.7 Å². The number of para-hydroxylation sites is 1. The van der Waals surface area contributed by atoms with Crippen molar-refractivity contribution in [2.45, 2.75) is 6.54 Å². The van der Waals surface area contributed by atoms with E-state index in [1.165, 1.54) is 7.11 Å². The van der Waals surface area contributed by atoms with E-state index < -0.39 is 11.8 Å². The fourth-order valence-corrected chi connectivity index (χ4v) is 2.64. The highest BCUT2D eigenvalue weighted by Crippen LogP contribution is 2.27. The lowest BCUT2D eigenvalue weighted by molar-refractivity contribution is -0.136. The number of methoxy groups -OCH3 is 2. The molecule has 7 nitrogen and oxygen atoms in total. The molecule has 138 valence electrons. The van der Waals surface area contributed by atoms with Crippen molar-refractivity contribution >= 4 is 28.4 Å². The monoisotopic (exact) mass is 365 g/mol. The number of rotatable bonds is 5. The Balaban J connectivity index is 1.65. The number of hydrogen-bond donors (Lipinski definition) is 2. The van der Waals surface area contributed by atoms with Gasteiger partial charge >= 0.3 is 11.8 Å². The number of anilines is 1. The molecule has 0 saturated carbocycles. The topological polar surface area (TPSA) is 89.5 Å². The SMILES string of the molecule is COc1ccc(CNC(=O)C(=O)Nc2cccc3cccnc23)cc1OC. The molecule has 0 fully saturated rings. The summed E-state index contributed by atoms with van der Waals surface area (Å²) in [5.74, 6) is -0.351. The molecular formula is C20H19N3O4. The number of amides is 2. The van der Waals surface area contributed by atoms with Crippen molar-refractivity contribution in [3.8, 4) is 11.5 Å². The van der Waals surface area contributed by atoms with Crippen molar-refractivity contribution in [2.24, 2.45) is 0 Å². The van der Waals surface area contributed by atoms with Crippen molar-refractivity contribution in [3.63, 3.8) is 0 Å². The van der Waals surface area contributed by atoms with Gasteiger partial charge in [-0.1, -0.05) is 24.3 Å². The highest BCUT2D eigenvalue weighted by atomic mass is 16.5. The van der Waals surface area contributed by atoms with Gasteiger partial charge in [-0.05, 0) is 29.8 Å². The summed E-state index contributed by atoms with van der Waals surface area (Å²) in [6, 6.07) is 14.3. The maximum Gasteiger partial charge on any atom is 0.313 e. The summed E-state index contributed by atoms with van der Waals surface area (Å²) in [6.45, 7) is 0.181. The molecule has 0 bridgehead atoms. The fraction of sp³-hybridized carbons (Fsp3) is 0.150. The van der Waals surface area contributed by atoms with E-state index in [1.54, 1.807) is 43.6 Å². The first-order chi connectivity index (χ1) is 13.1. The second-order valence-corrected chi connectivity index (χ2v) is 5.71. The largest absolute Gasteiger partial charge is 0.493 e. The van der Waals surface area contributed by atoms with Gasteiger partial charge in [-0.25, -0.2) is 0 Å². The Morgan fingerprint density at radius 2 is 1.74 bits per heavy atom. The van der Waals surface area contributed by atoms with Gasteiger partial charge in [0.05, 0.1) is 25.4 Å². The normalized spacial score (nSPS) is 10.3. The molecule has 0 aliphatic carbocycles. The van der Waals surface area contributed by atoms with Crippen LogP contribution in [0.1, 0.15) is 5.56 Å². The number of aromatic nitrogens is 1. The molecule has 0 atom stereocenters. The number of hydrogen-bond acceptors (Lipinski definition) is 5. The van der Waals surface area contributed by atoms with Crippen LogP contribution in [0.4, 0.5) is 5.69 Å². The number of nitrogens with one attached hydrogen (secondary N) is 2. The maximum absolute atomic E-state index is 12.2. The van der Waals surface area contributed by atoms with Crippen LogP contribution >= 0.6 is 0 Å². The summed E-state index contributed by atoms with van der Waals surface area (Å²) in [4.78, 5) is 28.6. The minimum absolute atomic E-state index is 0.181. The third kappa shape index (κ3) is 4.14. The molecule has 2 aromatic carbocycles. The van der Waals surface area contributed by atoms with Gasteiger partial charge in [0.2, 0.25) is 0 Å². The van der Waals surface area contributed by atoms with E-state index in [9.17, 15) is 9.59 Å². The van der Waals surface area contributed by atoms with Crippen LogP contribution in [0.3, 0.4) is 0 Å². The highest BCUT2D eigenvalue weighted by molar-refractivity contribution is 6.40. The van der Waals surface area contributed by atoms with Gasteiger partial charge in [-0.3, -0.25) is 14.6 Å². The molecule has 0 aliphatic rings. The van der Waals surface area contributed by atoms with Crippen LogP contribution in [0.15, 0.2) is 54.7 Å². The average molecular weight is 365 g/mol. The number of carbonyl (C=O) groups excluding carboxylic acids is 2. The molecule has 0 radical (unpaired) electrons. The first-order valence-electron chi connectivity index (χ1n) is 8.26. The van der Waals surface area contributed by atoms with Crippen molar-refractivity contribution in [1.29, 1.82) is 0 Å². The molecule has 1 aromatic heterocycles. The van der Waals surface area contributed by atoms with Crippen molar-refractivity contribution in [1.82, 2.24) is 10.3 Å². The average Bonchev–Trinajstić information content (AvgIpc) is 2.71. The molecule has 3 aromatic rings. The number of fused-ring (bicyclic) bond motifs is 1. The smallest absolute Gasteiger partial charge is 0.313 e. The Kier molecular flexibility index (Phi) is 5.51. The number of benzene rings is 2. The van der Waals surface area contributed by atoms with Gasteiger partial charge < -0.3 is 20.1 Å². The molecule has 0 aliphatic heterocycles. The molecule has 2 N–H and O–H groups in total. The summed E-state index contributed by atoms with van der Waals surface area (Å²) in [5, 5.41) is 6.07. The summed E-state index contributed by atoms with van der Waals surface area (Å²) in [6.07, 6.45) is 1.63. The van der Waals surface area contributed by atoms with Crippen molar-refractivity contribution in [2.75, 3.05) is 19.5 Å². The van der Waals surface area contributed by atoms with Gasteiger partial charge in [-0.15, -0.1) is 0 Å². The maximum atomic E-state index is 12.2. The van der Waals surface area contributed by atoms with E-state index in [1.807, 2.05) is 18.2 Å². The van der Waals surface area contributed by atoms with Gasteiger partial charge in [0.1, 0.15) is 0 Å². The molecule has 2 amide bonds. The van der Waals surface area contributed by atoms with Crippen molar-refractivity contribution < 1.29 is 19.1 Å². The molecule has 3 rings (SSSR count). The van der Waals surface area contributed by atoms with E-state index in [2.05, 4.69) is 15.6 Å². The van der Waals surface area contributed by atoms with E-state index in [-0.39, 0.29) is 6.54 Å². The molecule has 7 heteroatoms. The van der Waals surface area contributed by atoms with Crippen LogP contribution in [-0.2, 0) is 16.1 Å². The lowest BCUT2D eigenvalue weighted by Crippen LogP contribution is -2.35. The van der Waals surface area contributed by atoms with Crippen LogP contribution in [0.5, 0.6) is 11.5 Å². The van der Waals surface area contributed by atoms with E-state index >= 15 is 0 Å². The summed E-state index contributed by atoms with van der Waals surface area (Å²) < 4.78 is 10.4. The number of carbonyl (C=O) groups is 2. The van der Waals surface area contributed by atoms with Crippen LogP contribution < -0.4 is 20.1 Å². The molecule has 0 unspecified atom stereocenters. The van der Waals surface area contributed by atoms with Gasteiger partial charge in [0, 0.05) is 18.1 Å². The molecule has 27 heavy (non-hydrogen) atoms. The number of nitrogens with zero attached hydrogens (tertiary/aromatic N) is 1. The first kappa shape index (κ1) is 18.2. The Hall–Kier alpha value is -3.61. The van der Waals surface area contributed by atoms with Crippen LogP contribution in [-0.4, -0.2) is 31.0 Å². The highest BCUT2D eigenvalue weighted by Gasteiger charge is 2.15. The van der Waals surface area contributed by atoms with E-state index in [0.717, 1.165) is 10.9 Å². The number of ether oxygens (including phenoxy) is 2. The van der Waals surface area contributed by atoms with Gasteiger partial charge in [0.25, 0.3) is 0 Å². The zero-order valence-corrected chi connectivity index (χ0v) is 15.0. The molecule has 0 saturated heterocycles. The lowest BCUT2D eigenvalue weighted by Gasteiger charge is -2.11. The first-order valence-corrected chi connectivity index (χ1v) is 8.26. The summed E-state index contributed by atoms with van der Waals surface area (Å²) in [7, 11) is 3.08. The third-order valence-electron chi connectivity index (χ3n) is 3.99. The Labute approximate surface area is 156 Å². The predicted molar refractivity (Wildman–Crippen MR) is 102 cm³/mol. The molecular weight excluding hydrogens is 346 g/mol. The Morgan fingerprint density at radius 1 is 0.963 bits per heavy atom. The van der Waals surface area contributed by atoms with Crippen LogP contribution in [0.25, 0.3) is 10.9 Å². The molecule has 1 heterocycles.